The van der Waals surface area contributed by atoms with E-state index in [4.69, 9.17) is 4.74 Å². The third kappa shape index (κ3) is 5.30. The van der Waals surface area contributed by atoms with Gasteiger partial charge in [0.15, 0.2) is 5.96 Å². The lowest BCUT2D eigenvalue weighted by atomic mass is 10.1. The number of fused-ring (bicyclic) bond motifs is 1. The molecule has 0 aromatic carbocycles. The Kier molecular flexibility index (Phi) is 6.99. The second-order valence-electron chi connectivity index (χ2n) is 5.17. The van der Waals surface area contributed by atoms with Gasteiger partial charge in [0.25, 0.3) is 0 Å². The van der Waals surface area contributed by atoms with Crippen LogP contribution in [0.3, 0.4) is 0 Å². The number of nitrogens with zero attached hydrogens (tertiary/aromatic N) is 2. The Morgan fingerprint density at radius 1 is 1.43 bits per heavy atom. The van der Waals surface area contributed by atoms with Gasteiger partial charge in [-0.2, -0.15) is 0 Å². The first-order valence-corrected chi connectivity index (χ1v) is 8.42. The molecule has 5 nitrogen and oxygen atoms in total. The molecule has 21 heavy (non-hydrogen) atoms. The van der Waals surface area contributed by atoms with Crippen molar-refractivity contribution in [3.63, 3.8) is 0 Å². The van der Waals surface area contributed by atoms with Crippen LogP contribution in [0.15, 0.2) is 16.4 Å². The summed E-state index contributed by atoms with van der Waals surface area (Å²) >= 11 is 1.89. The number of nitrogens with one attached hydrogen (secondary N) is 2. The van der Waals surface area contributed by atoms with Gasteiger partial charge < -0.3 is 15.4 Å². The molecule has 6 heteroatoms. The van der Waals surface area contributed by atoms with Gasteiger partial charge in [0.05, 0.1) is 0 Å². The van der Waals surface area contributed by atoms with Crippen molar-refractivity contribution in [2.24, 2.45) is 4.99 Å². The molecule has 118 valence electrons. The molecule has 2 heterocycles. The van der Waals surface area contributed by atoms with Crippen LogP contribution in [0, 0.1) is 0 Å². The first-order valence-electron chi connectivity index (χ1n) is 7.54. The van der Waals surface area contributed by atoms with E-state index in [0.29, 0.717) is 0 Å². The predicted molar refractivity (Wildman–Crippen MR) is 89.2 cm³/mol. The van der Waals surface area contributed by atoms with Gasteiger partial charge >= 0.3 is 0 Å². The highest BCUT2D eigenvalue weighted by Crippen LogP contribution is 2.23. The summed E-state index contributed by atoms with van der Waals surface area (Å²) < 4.78 is 5.03. The number of hydrogen-bond donors (Lipinski definition) is 2. The number of hydrogen-bond acceptors (Lipinski definition) is 4. The molecule has 0 radical (unpaired) electrons. The van der Waals surface area contributed by atoms with Crippen molar-refractivity contribution in [3.8, 4) is 0 Å². The molecule has 1 aliphatic heterocycles. The lowest BCUT2D eigenvalue weighted by molar-refractivity contribution is 0.195. The monoisotopic (exact) mass is 310 g/mol. The van der Waals surface area contributed by atoms with Crippen LogP contribution >= 0.6 is 11.3 Å². The third-order valence-corrected chi connectivity index (χ3v) is 4.67. The molecule has 0 unspecified atom stereocenters. The fourth-order valence-electron chi connectivity index (χ4n) is 2.47. The number of rotatable bonds is 7. The Morgan fingerprint density at radius 2 is 2.29 bits per heavy atom. The van der Waals surface area contributed by atoms with Crippen LogP contribution in [0.2, 0.25) is 0 Å². The summed E-state index contributed by atoms with van der Waals surface area (Å²) in [5, 5.41) is 8.87. The van der Waals surface area contributed by atoms with Gasteiger partial charge in [0, 0.05) is 58.4 Å². The van der Waals surface area contributed by atoms with E-state index in [1.165, 1.54) is 12.0 Å². The minimum atomic E-state index is 0.779. The molecule has 0 atom stereocenters. The van der Waals surface area contributed by atoms with Crippen LogP contribution in [-0.4, -0.2) is 57.8 Å². The zero-order valence-electron chi connectivity index (χ0n) is 13.0. The highest BCUT2D eigenvalue weighted by Gasteiger charge is 2.16. The van der Waals surface area contributed by atoms with Crippen LogP contribution in [0.1, 0.15) is 16.9 Å². The Hall–Kier alpha value is -1.11. The summed E-state index contributed by atoms with van der Waals surface area (Å²) in [5.41, 5.74) is 1.51. The van der Waals surface area contributed by atoms with Crippen molar-refractivity contribution in [1.29, 1.82) is 0 Å². The standard InChI is InChI=1S/C15H26N4OS/c1-16-15(17-6-3-10-20-2)18-7-9-19-8-4-14-13(12-19)5-11-21-14/h5,11H,3-4,6-10,12H2,1-2H3,(H2,16,17,18). The molecule has 0 saturated heterocycles. The lowest BCUT2D eigenvalue weighted by Crippen LogP contribution is -2.42. The lowest BCUT2D eigenvalue weighted by Gasteiger charge is -2.27. The molecular weight excluding hydrogens is 284 g/mol. The van der Waals surface area contributed by atoms with Crippen LogP contribution in [0.5, 0.6) is 0 Å². The highest BCUT2D eigenvalue weighted by molar-refractivity contribution is 7.10. The summed E-state index contributed by atoms with van der Waals surface area (Å²) in [7, 11) is 3.54. The molecule has 2 N–H and O–H groups in total. The van der Waals surface area contributed by atoms with E-state index in [-0.39, 0.29) is 0 Å². The van der Waals surface area contributed by atoms with Crippen molar-refractivity contribution >= 4 is 17.3 Å². The smallest absolute Gasteiger partial charge is 0.191 e. The molecule has 0 amide bonds. The van der Waals surface area contributed by atoms with E-state index in [2.05, 4.69) is 32.0 Å². The van der Waals surface area contributed by atoms with Crippen molar-refractivity contribution in [2.45, 2.75) is 19.4 Å². The van der Waals surface area contributed by atoms with Crippen molar-refractivity contribution in [3.05, 3.63) is 21.9 Å². The molecule has 1 aromatic rings. The fraction of sp³-hybridized carbons (Fsp3) is 0.667. The minimum absolute atomic E-state index is 0.779. The second-order valence-corrected chi connectivity index (χ2v) is 6.17. The summed E-state index contributed by atoms with van der Waals surface area (Å²) in [6, 6.07) is 2.26. The van der Waals surface area contributed by atoms with E-state index >= 15 is 0 Å². The van der Waals surface area contributed by atoms with Crippen LogP contribution in [0.4, 0.5) is 0 Å². The summed E-state index contributed by atoms with van der Waals surface area (Å²) in [6.07, 6.45) is 2.18. The van der Waals surface area contributed by atoms with Gasteiger partial charge in [-0.25, -0.2) is 0 Å². The van der Waals surface area contributed by atoms with Gasteiger partial charge in [-0.05, 0) is 29.9 Å². The summed E-state index contributed by atoms with van der Waals surface area (Å²) in [6.45, 7) is 5.88. The minimum Gasteiger partial charge on any atom is -0.385 e. The van der Waals surface area contributed by atoms with Gasteiger partial charge in [-0.3, -0.25) is 9.89 Å². The molecule has 1 aliphatic rings. The zero-order valence-corrected chi connectivity index (χ0v) is 13.8. The largest absolute Gasteiger partial charge is 0.385 e. The number of guanidine groups is 1. The first-order chi connectivity index (χ1) is 10.3. The van der Waals surface area contributed by atoms with Crippen LogP contribution in [0.25, 0.3) is 0 Å². The Balaban J connectivity index is 1.62. The number of ether oxygens (including phenoxy) is 1. The van der Waals surface area contributed by atoms with E-state index < -0.39 is 0 Å². The van der Waals surface area contributed by atoms with E-state index in [1.807, 2.05) is 18.4 Å². The van der Waals surface area contributed by atoms with E-state index in [0.717, 1.165) is 51.7 Å². The maximum absolute atomic E-state index is 5.03. The van der Waals surface area contributed by atoms with Gasteiger partial charge in [0.2, 0.25) is 0 Å². The Morgan fingerprint density at radius 3 is 3.10 bits per heavy atom. The molecule has 0 bridgehead atoms. The fourth-order valence-corrected chi connectivity index (χ4v) is 3.36. The van der Waals surface area contributed by atoms with E-state index in [1.54, 1.807) is 12.0 Å². The first kappa shape index (κ1) is 16.3. The average Bonchev–Trinajstić information content (AvgIpc) is 2.97. The molecule has 0 spiro atoms. The number of methoxy groups -OCH3 is 1. The quantitative estimate of drug-likeness (QED) is 0.453. The maximum atomic E-state index is 5.03. The Bertz CT molecular complexity index is 447. The topological polar surface area (TPSA) is 48.9 Å². The predicted octanol–water partition coefficient (Wildman–Crippen LogP) is 1.31. The van der Waals surface area contributed by atoms with Crippen LogP contribution in [-0.2, 0) is 17.7 Å². The molecule has 1 aromatic heterocycles. The molecule has 0 aliphatic carbocycles. The van der Waals surface area contributed by atoms with Gasteiger partial charge in [-0.1, -0.05) is 0 Å². The molecule has 0 fully saturated rings. The summed E-state index contributed by atoms with van der Waals surface area (Å²) in [5.74, 6) is 0.874. The SMILES string of the molecule is CN=C(NCCCOC)NCCN1CCc2sccc2C1. The number of thiophene rings is 1. The maximum Gasteiger partial charge on any atom is 0.191 e. The normalized spacial score (nSPS) is 15.8. The highest BCUT2D eigenvalue weighted by atomic mass is 32.1. The van der Waals surface area contributed by atoms with Crippen molar-refractivity contribution in [1.82, 2.24) is 15.5 Å². The summed E-state index contributed by atoms with van der Waals surface area (Å²) in [4.78, 5) is 8.30. The van der Waals surface area contributed by atoms with E-state index in [9.17, 15) is 0 Å². The van der Waals surface area contributed by atoms with Crippen LogP contribution < -0.4 is 10.6 Å². The average molecular weight is 310 g/mol. The van der Waals surface area contributed by atoms with Gasteiger partial charge in [0.1, 0.15) is 0 Å². The zero-order chi connectivity index (χ0) is 14.9. The van der Waals surface area contributed by atoms with Gasteiger partial charge in [-0.15, -0.1) is 11.3 Å². The molecule has 2 rings (SSSR count). The molecular formula is C15H26N4OS. The van der Waals surface area contributed by atoms with Crippen molar-refractivity contribution in [2.75, 3.05) is 46.9 Å². The second kappa shape index (κ2) is 9.02. The molecule has 0 saturated carbocycles. The number of aliphatic imine (C=N–C) groups is 1. The third-order valence-electron chi connectivity index (χ3n) is 3.65. The Labute approximate surface area is 131 Å². The van der Waals surface area contributed by atoms with Crippen molar-refractivity contribution < 1.29 is 4.74 Å².